The first-order valence-electron chi connectivity index (χ1n) is 5.02. The molecule has 0 aromatic rings. The molecule has 0 N–H and O–H groups in total. The van der Waals surface area contributed by atoms with Gasteiger partial charge in [-0.15, -0.1) is 0 Å². The van der Waals surface area contributed by atoms with Crippen molar-refractivity contribution in [1.29, 1.82) is 0 Å². The van der Waals surface area contributed by atoms with E-state index in [0.29, 0.717) is 5.92 Å². The zero-order chi connectivity index (χ0) is 9.84. The lowest BCUT2D eigenvalue weighted by atomic mass is 9.89. The monoisotopic (exact) mass is 182 g/mol. The summed E-state index contributed by atoms with van der Waals surface area (Å²) in [6, 6.07) is 0. The molecule has 13 heavy (non-hydrogen) atoms. The van der Waals surface area contributed by atoms with E-state index >= 15 is 0 Å². The number of carbonyl (C=O) groups excluding carboxylic acids is 1. The molecule has 74 valence electrons. The lowest BCUT2D eigenvalue weighted by molar-refractivity contribution is -0.160. The normalized spacial score (nSPS) is 35.0. The topological polar surface area (TPSA) is 26.3 Å². The van der Waals surface area contributed by atoms with Crippen molar-refractivity contribution in [1.82, 2.24) is 0 Å². The zero-order valence-electron chi connectivity index (χ0n) is 8.62. The van der Waals surface area contributed by atoms with Gasteiger partial charge in [0.2, 0.25) is 0 Å². The summed E-state index contributed by atoms with van der Waals surface area (Å²) >= 11 is 0. The smallest absolute Gasteiger partial charge is 0.309 e. The Labute approximate surface area is 80.0 Å². The quantitative estimate of drug-likeness (QED) is 0.484. The van der Waals surface area contributed by atoms with Crippen LogP contribution in [0.25, 0.3) is 0 Å². The van der Waals surface area contributed by atoms with E-state index in [1.807, 2.05) is 13.0 Å². The molecule has 1 rings (SSSR count). The van der Waals surface area contributed by atoms with Crippen LogP contribution in [0.15, 0.2) is 12.2 Å². The number of allylic oxidation sites excluding steroid dienone is 1. The second-order valence-electron chi connectivity index (χ2n) is 3.85. The Bertz CT molecular complexity index is 208. The fraction of sp³-hybridized carbons (Fsp3) is 0.727. The number of cyclic esters (lactones) is 1. The summed E-state index contributed by atoms with van der Waals surface area (Å²) in [7, 11) is 0. The molecule has 1 aliphatic rings. The molecule has 0 saturated carbocycles. The van der Waals surface area contributed by atoms with E-state index in [0.717, 1.165) is 12.8 Å². The largest absolute Gasteiger partial charge is 0.458 e. The van der Waals surface area contributed by atoms with Crippen molar-refractivity contribution in [3.8, 4) is 0 Å². The molecule has 1 saturated heterocycles. The van der Waals surface area contributed by atoms with Gasteiger partial charge in [0, 0.05) is 0 Å². The van der Waals surface area contributed by atoms with Gasteiger partial charge in [-0.25, -0.2) is 0 Å². The first-order valence-corrected chi connectivity index (χ1v) is 5.02. The molecule has 3 atom stereocenters. The van der Waals surface area contributed by atoms with Crippen molar-refractivity contribution in [2.45, 2.75) is 39.7 Å². The lowest BCUT2D eigenvalue weighted by Gasteiger charge is -2.30. The molecular weight excluding hydrogens is 164 g/mol. The minimum Gasteiger partial charge on any atom is -0.458 e. The maximum absolute atomic E-state index is 11.3. The standard InChI is InChI=1S/C11H18O2/c1-4-5-6-10-8(2)7-9(3)11(12)13-10/h5-6,8-10H,4,7H2,1-3H3/b6-5-/t8-,9-,10+/m1/s1. The van der Waals surface area contributed by atoms with E-state index in [1.165, 1.54) is 0 Å². The van der Waals surface area contributed by atoms with Gasteiger partial charge < -0.3 is 4.74 Å². The third kappa shape index (κ3) is 2.58. The number of hydrogen-bond donors (Lipinski definition) is 0. The second kappa shape index (κ2) is 4.45. The third-order valence-electron chi connectivity index (χ3n) is 2.50. The van der Waals surface area contributed by atoms with Crippen LogP contribution in [0, 0.1) is 11.8 Å². The predicted octanol–water partition coefficient (Wildman–Crippen LogP) is 2.54. The second-order valence-corrected chi connectivity index (χ2v) is 3.85. The van der Waals surface area contributed by atoms with Crippen LogP contribution in [0.1, 0.15) is 33.6 Å². The number of carbonyl (C=O) groups is 1. The highest BCUT2D eigenvalue weighted by Crippen LogP contribution is 2.26. The Morgan fingerprint density at radius 3 is 2.85 bits per heavy atom. The summed E-state index contributed by atoms with van der Waals surface area (Å²) in [5, 5.41) is 0. The average Bonchev–Trinajstić information content (AvgIpc) is 2.09. The first-order chi connectivity index (χ1) is 6.15. The molecule has 1 heterocycles. The van der Waals surface area contributed by atoms with Crippen molar-refractivity contribution in [2.75, 3.05) is 0 Å². The zero-order valence-corrected chi connectivity index (χ0v) is 8.62. The van der Waals surface area contributed by atoms with Gasteiger partial charge in [-0.3, -0.25) is 4.79 Å². The van der Waals surface area contributed by atoms with Crippen LogP contribution in [0.4, 0.5) is 0 Å². The highest BCUT2D eigenvalue weighted by Gasteiger charge is 2.30. The molecule has 0 amide bonds. The van der Waals surface area contributed by atoms with Gasteiger partial charge in [-0.05, 0) is 24.8 Å². The summed E-state index contributed by atoms with van der Waals surface area (Å²) in [6.07, 6.45) is 6.01. The van der Waals surface area contributed by atoms with Gasteiger partial charge in [-0.2, -0.15) is 0 Å². The SMILES string of the molecule is CC/C=C\[C@@H]1OC(=O)[C@H](C)C[C@H]1C. The Morgan fingerprint density at radius 2 is 2.23 bits per heavy atom. The molecule has 0 bridgehead atoms. The number of ether oxygens (including phenoxy) is 1. The maximum Gasteiger partial charge on any atom is 0.309 e. The fourth-order valence-electron chi connectivity index (χ4n) is 1.65. The molecule has 0 unspecified atom stereocenters. The molecule has 0 spiro atoms. The Morgan fingerprint density at radius 1 is 1.54 bits per heavy atom. The van der Waals surface area contributed by atoms with Crippen LogP contribution in [-0.2, 0) is 9.53 Å². The van der Waals surface area contributed by atoms with E-state index in [4.69, 9.17) is 4.74 Å². The maximum atomic E-state index is 11.3. The minimum atomic E-state index is -0.0520. The molecule has 0 aliphatic carbocycles. The van der Waals surface area contributed by atoms with Gasteiger partial charge in [0.15, 0.2) is 0 Å². The van der Waals surface area contributed by atoms with Crippen LogP contribution >= 0.6 is 0 Å². The summed E-state index contributed by atoms with van der Waals surface area (Å²) < 4.78 is 5.29. The van der Waals surface area contributed by atoms with Crippen molar-refractivity contribution < 1.29 is 9.53 Å². The van der Waals surface area contributed by atoms with E-state index in [1.54, 1.807) is 0 Å². The Hall–Kier alpha value is -0.790. The minimum absolute atomic E-state index is 0.00338. The van der Waals surface area contributed by atoms with E-state index in [9.17, 15) is 4.79 Å². The first kappa shape index (κ1) is 10.3. The molecule has 0 radical (unpaired) electrons. The van der Waals surface area contributed by atoms with Crippen molar-refractivity contribution in [3.05, 3.63) is 12.2 Å². The van der Waals surface area contributed by atoms with Gasteiger partial charge in [0.1, 0.15) is 6.10 Å². The average molecular weight is 182 g/mol. The fourth-order valence-corrected chi connectivity index (χ4v) is 1.65. The van der Waals surface area contributed by atoms with Gasteiger partial charge >= 0.3 is 5.97 Å². The van der Waals surface area contributed by atoms with Crippen molar-refractivity contribution in [3.63, 3.8) is 0 Å². The van der Waals surface area contributed by atoms with E-state index < -0.39 is 0 Å². The van der Waals surface area contributed by atoms with Gasteiger partial charge in [-0.1, -0.05) is 26.8 Å². The molecule has 0 aromatic carbocycles. The summed E-state index contributed by atoms with van der Waals surface area (Å²) in [4.78, 5) is 11.3. The summed E-state index contributed by atoms with van der Waals surface area (Å²) in [6.45, 7) is 6.14. The number of hydrogen-bond acceptors (Lipinski definition) is 2. The summed E-state index contributed by atoms with van der Waals surface area (Å²) in [5.74, 6) is 0.473. The van der Waals surface area contributed by atoms with Crippen molar-refractivity contribution in [2.24, 2.45) is 11.8 Å². The van der Waals surface area contributed by atoms with Crippen LogP contribution in [0.3, 0.4) is 0 Å². The lowest BCUT2D eigenvalue weighted by Crippen LogP contribution is -2.34. The van der Waals surface area contributed by atoms with E-state index in [-0.39, 0.29) is 18.0 Å². The molecule has 2 nitrogen and oxygen atoms in total. The van der Waals surface area contributed by atoms with Crippen molar-refractivity contribution >= 4 is 5.97 Å². The van der Waals surface area contributed by atoms with Gasteiger partial charge in [0.05, 0.1) is 5.92 Å². The van der Waals surface area contributed by atoms with E-state index in [2.05, 4.69) is 19.9 Å². The molecule has 1 fully saturated rings. The molecule has 1 aliphatic heterocycles. The van der Waals surface area contributed by atoms with Crippen LogP contribution in [0.2, 0.25) is 0 Å². The Balaban J connectivity index is 2.56. The van der Waals surface area contributed by atoms with Crippen LogP contribution in [0.5, 0.6) is 0 Å². The third-order valence-corrected chi connectivity index (χ3v) is 2.50. The predicted molar refractivity (Wildman–Crippen MR) is 52.3 cm³/mol. The molecular formula is C11H18O2. The van der Waals surface area contributed by atoms with Crippen LogP contribution < -0.4 is 0 Å². The number of esters is 1. The highest BCUT2D eigenvalue weighted by atomic mass is 16.5. The van der Waals surface area contributed by atoms with Gasteiger partial charge in [0.25, 0.3) is 0 Å². The molecule has 2 heteroatoms. The highest BCUT2D eigenvalue weighted by molar-refractivity contribution is 5.73. The molecule has 0 aromatic heterocycles. The Kier molecular flexibility index (Phi) is 3.52. The number of rotatable bonds is 2. The summed E-state index contributed by atoms with van der Waals surface area (Å²) in [5.41, 5.74) is 0. The van der Waals surface area contributed by atoms with Crippen LogP contribution in [-0.4, -0.2) is 12.1 Å².